The molecule has 2 aliphatic carbocycles. The van der Waals surface area contributed by atoms with Gasteiger partial charge in [0.15, 0.2) is 0 Å². The molecule has 0 aromatic heterocycles. The highest BCUT2D eigenvalue weighted by Gasteiger charge is 2.34. The van der Waals surface area contributed by atoms with E-state index in [1.807, 2.05) is 0 Å². The molecule has 2 nitrogen and oxygen atoms in total. The molecule has 0 unspecified atom stereocenters. The molecule has 2 aliphatic rings. The molecule has 118 valence electrons. The minimum Gasteiger partial charge on any atom is -0.312 e. The molecule has 0 saturated heterocycles. The van der Waals surface area contributed by atoms with E-state index in [0.717, 1.165) is 12.0 Å². The highest BCUT2D eigenvalue weighted by molar-refractivity contribution is 4.94. The quantitative estimate of drug-likeness (QED) is 0.784. The summed E-state index contributed by atoms with van der Waals surface area (Å²) < 4.78 is 0. The van der Waals surface area contributed by atoms with Crippen LogP contribution in [0.15, 0.2) is 0 Å². The van der Waals surface area contributed by atoms with Crippen molar-refractivity contribution in [2.45, 2.75) is 89.1 Å². The van der Waals surface area contributed by atoms with Gasteiger partial charge in [0.25, 0.3) is 0 Å². The Kier molecular flexibility index (Phi) is 6.35. The number of hydrogen-bond acceptors (Lipinski definition) is 2. The monoisotopic (exact) mass is 280 g/mol. The molecule has 2 rings (SSSR count). The first-order valence-corrected chi connectivity index (χ1v) is 9.07. The van der Waals surface area contributed by atoms with E-state index >= 15 is 0 Å². The van der Waals surface area contributed by atoms with Crippen molar-refractivity contribution < 1.29 is 0 Å². The Morgan fingerprint density at radius 2 is 1.65 bits per heavy atom. The molecular formula is C18H36N2. The lowest BCUT2D eigenvalue weighted by Crippen LogP contribution is -2.54. The molecule has 20 heavy (non-hydrogen) atoms. The van der Waals surface area contributed by atoms with Gasteiger partial charge >= 0.3 is 0 Å². The highest BCUT2D eigenvalue weighted by Crippen LogP contribution is 2.33. The van der Waals surface area contributed by atoms with Crippen LogP contribution in [-0.4, -0.2) is 37.1 Å². The number of nitrogens with one attached hydrogen (secondary N) is 1. The first-order chi connectivity index (χ1) is 9.66. The summed E-state index contributed by atoms with van der Waals surface area (Å²) >= 11 is 0. The van der Waals surface area contributed by atoms with Crippen LogP contribution in [0, 0.1) is 5.92 Å². The van der Waals surface area contributed by atoms with E-state index < -0.39 is 0 Å². The second-order valence-electron chi connectivity index (χ2n) is 7.57. The summed E-state index contributed by atoms with van der Waals surface area (Å²) in [7, 11) is 4.57. The zero-order valence-corrected chi connectivity index (χ0v) is 14.1. The molecule has 2 heteroatoms. The third-order valence-corrected chi connectivity index (χ3v) is 6.00. The fraction of sp³-hybridized carbons (Fsp3) is 1.00. The van der Waals surface area contributed by atoms with E-state index in [1.54, 1.807) is 0 Å². The van der Waals surface area contributed by atoms with Crippen LogP contribution >= 0.6 is 0 Å². The lowest BCUT2D eigenvalue weighted by atomic mass is 9.79. The Morgan fingerprint density at radius 1 is 1.00 bits per heavy atom. The standard InChI is InChI=1S/C18H36N2/c1-4-8-16-9-11-17(12-10-16)19-15-18(20(2)3)13-6-5-7-14-18/h16-17,19H,4-15H2,1-3H3. The van der Waals surface area contributed by atoms with Crippen molar-refractivity contribution >= 4 is 0 Å². The first-order valence-electron chi connectivity index (χ1n) is 9.07. The van der Waals surface area contributed by atoms with Crippen molar-refractivity contribution in [3.63, 3.8) is 0 Å². The molecule has 0 aromatic carbocycles. The predicted molar refractivity (Wildman–Crippen MR) is 88.2 cm³/mol. The van der Waals surface area contributed by atoms with Crippen LogP contribution in [0.1, 0.15) is 77.6 Å². The van der Waals surface area contributed by atoms with Crippen LogP contribution in [0.4, 0.5) is 0 Å². The number of hydrogen-bond donors (Lipinski definition) is 1. The number of nitrogens with zero attached hydrogens (tertiary/aromatic N) is 1. The summed E-state index contributed by atoms with van der Waals surface area (Å²) in [6.45, 7) is 3.54. The maximum atomic E-state index is 3.93. The number of rotatable bonds is 6. The SMILES string of the molecule is CCCC1CCC(NCC2(N(C)C)CCCCC2)CC1. The Balaban J connectivity index is 1.76. The van der Waals surface area contributed by atoms with E-state index in [4.69, 9.17) is 0 Å². The van der Waals surface area contributed by atoms with Crippen LogP contribution in [0.3, 0.4) is 0 Å². The summed E-state index contributed by atoms with van der Waals surface area (Å²) in [5.74, 6) is 1.02. The van der Waals surface area contributed by atoms with Crippen LogP contribution in [-0.2, 0) is 0 Å². The first kappa shape index (κ1) is 16.3. The largest absolute Gasteiger partial charge is 0.312 e. The maximum absolute atomic E-state index is 3.93. The molecule has 0 amide bonds. The summed E-state index contributed by atoms with van der Waals surface area (Å²) in [5.41, 5.74) is 0.443. The minimum atomic E-state index is 0.443. The maximum Gasteiger partial charge on any atom is 0.0327 e. The Hall–Kier alpha value is -0.0800. The Bertz CT molecular complexity index is 261. The average Bonchev–Trinajstić information content (AvgIpc) is 2.48. The van der Waals surface area contributed by atoms with Crippen LogP contribution in [0.5, 0.6) is 0 Å². The second-order valence-corrected chi connectivity index (χ2v) is 7.57. The Labute approximate surface area is 126 Å². The van der Waals surface area contributed by atoms with Crippen molar-refractivity contribution in [1.29, 1.82) is 0 Å². The van der Waals surface area contributed by atoms with E-state index in [9.17, 15) is 0 Å². The van der Waals surface area contributed by atoms with Crippen molar-refractivity contribution in [1.82, 2.24) is 10.2 Å². The number of likely N-dealkylation sites (N-methyl/N-ethyl adjacent to an activating group) is 1. The van der Waals surface area contributed by atoms with Crippen molar-refractivity contribution in [3.8, 4) is 0 Å². The van der Waals surface area contributed by atoms with Gasteiger partial charge in [-0.25, -0.2) is 0 Å². The Morgan fingerprint density at radius 3 is 2.20 bits per heavy atom. The van der Waals surface area contributed by atoms with Crippen LogP contribution in [0.25, 0.3) is 0 Å². The van der Waals surface area contributed by atoms with Gasteiger partial charge in [-0.2, -0.15) is 0 Å². The van der Waals surface area contributed by atoms with Gasteiger partial charge in [-0.3, -0.25) is 0 Å². The summed E-state index contributed by atoms with van der Waals surface area (Å²) in [6.07, 6.45) is 15.6. The average molecular weight is 280 g/mol. The molecule has 0 heterocycles. The van der Waals surface area contributed by atoms with Gasteiger partial charge in [-0.1, -0.05) is 39.0 Å². The predicted octanol–water partition coefficient (Wildman–Crippen LogP) is 4.20. The van der Waals surface area contributed by atoms with E-state index in [1.165, 1.54) is 77.2 Å². The zero-order chi connectivity index (χ0) is 14.4. The summed E-state index contributed by atoms with van der Waals surface area (Å²) in [4.78, 5) is 2.50. The normalized spacial score (nSPS) is 30.6. The zero-order valence-electron chi connectivity index (χ0n) is 14.1. The molecular weight excluding hydrogens is 244 g/mol. The van der Waals surface area contributed by atoms with Gasteiger partial charge < -0.3 is 10.2 Å². The van der Waals surface area contributed by atoms with Crippen LogP contribution in [0.2, 0.25) is 0 Å². The van der Waals surface area contributed by atoms with E-state index in [-0.39, 0.29) is 0 Å². The van der Waals surface area contributed by atoms with Crippen LogP contribution < -0.4 is 5.32 Å². The lowest BCUT2D eigenvalue weighted by molar-refractivity contribution is 0.0916. The molecule has 2 saturated carbocycles. The fourth-order valence-corrected chi connectivity index (χ4v) is 4.39. The molecule has 0 bridgehead atoms. The molecule has 0 aromatic rings. The van der Waals surface area contributed by atoms with Crippen molar-refractivity contribution in [3.05, 3.63) is 0 Å². The highest BCUT2D eigenvalue weighted by atomic mass is 15.2. The molecule has 0 spiro atoms. The topological polar surface area (TPSA) is 15.3 Å². The van der Waals surface area contributed by atoms with E-state index in [2.05, 4.69) is 31.2 Å². The molecule has 0 radical (unpaired) electrons. The van der Waals surface area contributed by atoms with E-state index in [0.29, 0.717) is 5.54 Å². The summed E-state index contributed by atoms with van der Waals surface area (Å²) in [5, 5.41) is 3.93. The fourth-order valence-electron chi connectivity index (χ4n) is 4.39. The van der Waals surface area contributed by atoms with Gasteiger partial charge in [0.05, 0.1) is 0 Å². The molecule has 0 atom stereocenters. The van der Waals surface area contributed by atoms with Gasteiger partial charge in [0, 0.05) is 18.1 Å². The lowest BCUT2D eigenvalue weighted by Gasteiger charge is -2.44. The molecule has 1 N–H and O–H groups in total. The van der Waals surface area contributed by atoms with Crippen molar-refractivity contribution in [2.24, 2.45) is 5.92 Å². The molecule has 0 aliphatic heterocycles. The van der Waals surface area contributed by atoms with Gasteiger partial charge in [-0.05, 0) is 58.5 Å². The van der Waals surface area contributed by atoms with Crippen molar-refractivity contribution in [2.75, 3.05) is 20.6 Å². The third kappa shape index (κ3) is 4.21. The van der Waals surface area contributed by atoms with Gasteiger partial charge in [-0.15, -0.1) is 0 Å². The van der Waals surface area contributed by atoms with Gasteiger partial charge in [0.1, 0.15) is 0 Å². The minimum absolute atomic E-state index is 0.443. The molecule has 2 fully saturated rings. The summed E-state index contributed by atoms with van der Waals surface area (Å²) in [6, 6.07) is 0.793. The van der Waals surface area contributed by atoms with Gasteiger partial charge in [0.2, 0.25) is 0 Å². The smallest absolute Gasteiger partial charge is 0.0327 e. The third-order valence-electron chi connectivity index (χ3n) is 6.00. The second kappa shape index (κ2) is 7.79.